The zero-order chi connectivity index (χ0) is 27.5. The van der Waals surface area contributed by atoms with Gasteiger partial charge in [0.05, 0.1) is 16.4 Å². The summed E-state index contributed by atoms with van der Waals surface area (Å²) < 4.78 is 6.13. The summed E-state index contributed by atoms with van der Waals surface area (Å²) in [5.41, 5.74) is 2.27. The molecule has 10 rings (SSSR count). The minimum absolute atomic E-state index is 0.256. The molecule has 3 nitrogen and oxygen atoms in total. The maximum atomic E-state index is 6.75. The second kappa shape index (κ2) is 8.26. The van der Waals surface area contributed by atoms with Crippen molar-refractivity contribution in [2.45, 2.75) is 0 Å². The minimum Gasteiger partial charge on any atom is -0.292 e. The van der Waals surface area contributed by atoms with Gasteiger partial charge in [0.25, 0.3) is 0 Å². The molecule has 0 saturated carbocycles. The Morgan fingerprint density at radius 1 is 0.524 bits per heavy atom. The van der Waals surface area contributed by atoms with Gasteiger partial charge in [-0.1, -0.05) is 97.1 Å². The molecular weight excluding hydrogens is 574 g/mol. The Kier molecular flexibility index (Phi) is 4.54. The van der Waals surface area contributed by atoms with E-state index in [1.54, 1.807) is 11.3 Å². The number of para-hydroxylation sites is 1. The summed E-state index contributed by atoms with van der Waals surface area (Å²) in [6.45, 7) is 0. The summed E-state index contributed by atoms with van der Waals surface area (Å²) in [4.78, 5) is 10.7. The Bertz CT molecular complexity index is 2770. The van der Waals surface area contributed by atoms with Crippen LogP contribution >= 0.6 is 34.3 Å². The molecule has 0 amide bonds. The number of hydrogen-bond donors (Lipinski definition) is 0. The summed E-state index contributed by atoms with van der Waals surface area (Å²) in [6.07, 6.45) is 0. The summed E-state index contributed by atoms with van der Waals surface area (Å²) in [5, 5.41) is 12.4. The first-order valence-corrected chi connectivity index (χ1v) is 15.8. The third-order valence-electron chi connectivity index (χ3n) is 8.54. The van der Waals surface area contributed by atoms with Crippen LogP contribution in [0.1, 0.15) is 0 Å². The van der Waals surface area contributed by atoms with E-state index in [2.05, 4.69) is 114 Å². The van der Waals surface area contributed by atoms with Gasteiger partial charge in [-0.2, -0.15) is 4.98 Å². The molecule has 0 unspecified atom stereocenters. The lowest BCUT2D eigenvalue weighted by molar-refractivity contribution is 1.08. The molecule has 0 fully saturated rings. The summed E-state index contributed by atoms with van der Waals surface area (Å²) in [6, 6.07) is 39.2. The highest BCUT2D eigenvalue weighted by Gasteiger charge is 2.25. The molecule has 0 bridgehead atoms. The van der Waals surface area contributed by atoms with Crippen molar-refractivity contribution in [3.8, 4) is 5.82 Å². The van der Waals surface area contributed by atoms with E-state index in [0.29, 0.717) is 0 Å². The van der Waals surface area contributed by atoms with Crippen LogP contribution in [0, 0.1) is 0 Å². The number of rotatable bonds is 1. The van der Waals surface area contributed by atoms with Crippen LogP contribution in [0.5, 0.6) is 0 Å². The number of hydrogen-bond acceptors (Lipinski definition) is 4. The molecule has 0 N–H and O–H groups in total. The van der Waals surface area contributed by atoms with Crippen molar-refractivity contribution in [3.05, 3.63) is 114 Å². The quantitative estimate of drug-likeness (QED) is 0.178. The van der Waals surface area contributed by atoms with E-state index in [9.17, 15) is 0 Å². The molecule has 0 aliphatic heterocycles. The Hall–Kier alpha value is -4.55. The Balaban J connectivity index is 1.52. The molecule has 4 aromatic heterocycles. The van der Waals surface area contributed by atoms with Gasteiger partial charge in [0.1, 0.15) is 4.83 Å². The first kappa shape index (κ1) is 23.1. The highest BCUT2D eigenvalue weighted by molar-refractivity contribution is 7.27. The summed E-state index contributed by atoms with van der Waals surface area (Å²) >= 11 is 10.3. The van der Waals surface area contributed by atoms with Gasteiger partial charge in [0.2, 0.25) is 5.28 Å². The maximum absolute atomic E-state index is 6.75. The molecule has 0 aliphatic rings. The van der Waals surface area contributed by atoms with E-state index in [1.165, 1.54) is 62.7 Å². The van der Waals surface area contributed by atoms with Gasteiger partial charge in [0.15, 0.2) is 5.82 Å². The number of nitrogens with zero attached hydrogens (tertiary/aromatic N) is 3. The number of thiophene rings is 2. The fourth-order valence-electron chi connectivity index (χ4n) is 6.86. The third-order valence-corrected chi connectivity index (χ3v) is 11.0. The van der Waals surface area contributed by atoms with Crippen LogP contribution in [0.25, 0.3) is 89.6 Å². The monoisotopic (exact) mass is 591 g/mol. The van der Waals surface area contributed by atoms with E-state index in [-0.39, 0.29) is 5.28 Å². The zero-order valence-electron chi connectivity index (χ0n) is 21.9. The van der Waals surface area contributed by atoms with Gasteiger partial charge < -0.3 is 0 Å². The Morgan fingerprint density at radius 2 is 1.24 bits per heavy atom. The molecule has 10 aromatic rings. The van der Waals surface area contributed by atoms with Gasteiger partial charge in [-0.05, 0) is 39.9 Å². The lowest BCUT2D eigenvalue weighted by atomic mass is 10.00. The topological polar surface area (TPSA) is 30.7 Å². The summed E-state index contributed by atoms with van der Waals surface area (Å²) in [5.74, 6) is 0.824. The molecule has 0 spiro atoms. The van der Waals surface area contributed by atoms with Crippen LogP contribution in [0.2, 0.25) is 5.28 Å². The van der Waals surface area contributed by atoms with Crippen LogP contribution in [-0.4, -0.2) is 14.5 Å². The van der Waals surface area contributed by atoms with Gasteiger partial charge in [0, 0.05) is 46.4 Å². The number of halogens is 1. The minimum atomic E-state index is 0.256. The number of benzene rings is 6. The van der Waals surface area contributed by atoms with Crippen molar-refractivity contribution >= 4 is 118 Å². The first-order valence-electron chi connectivity index (χ1n) is 13.8. The van der Waals surface area contributed by atoms with E-state index in [4.69, 9.17) is 21.6 Å². The SMILES string of the molecule is Clc1nc(-n2c3ccccc3c3c4ccccc4c4sc5ccccc5c4c32)c2c(n1)sc1c3ccccc3ccc12. The molecule has 0 aliphatic carbocycles. The van der Waals surface area contributed by atoms with Crippen LogP contribution in [0.4, 0.5) is 0 Å². The lowest BCUT2D eigenvalue weighted by Crippen LogP contribution is -2.00. The maximum Gasteiger partial charge on any atom is 0.225 e. The van der Waals surface area contributed by atoms with E-state index >= 15 is 0 Å². The highest BCUT2D eigenvalue weighted by atomic mass is 35.5. The van der Waals surface area contributed by atoms with Gasteiger partial charge in [-0.25, -0.2) is 4.98 Å². The lowest BCUT2D eigenvalue weighted by Gasteiger charge is -2.11. The van der Waals surface area contributed by atoms with Crippen LogP contribution in [0.3, 0.4) is 0 Å². The van der Waals surface area contributed by atoms with Crippen molar-refractivity contribution < 1.29 is 0 Å². The Labute approximate surface area is 251 Å². The fraction of sp³-hybridized carbons (Fsp3) is 0. The Morgan fingerprint density at radius 3 is 2.12 bits per heavy atom. The van der Waals surface area contributed by atoms with Crippen LogP contribution in [0.15, 0.2) is 109 Å². The second-order valence-electron chi connectivity index (χ2n) is 10.7. The molecule has 6 aromatic carbocycles. The van der Waals surface area contributed by atoms with Crippen molar-refractivity contribution in [1.82, 2.24) is 14.5 Å². The predicted molar refractivity (Wildman–Crippen MR) is 182 cm³/mol. The molecule has 4 heterocycles. The summed E-state index contributed by atoms with van der Waals surface area (Å²) in [7, 11) is 0. The van der Waals surface area contributed by atoms with E-state index < -0.39 is 0 Å². The average molecular weight is 592 g/mol. The molecule has 42 heavy (non-hydrogen) atoms. The predicted octanol–water partition coefficient (Wildman–Crippen LogP) is 11.3. The largest absolute Gasteiger partial charge is 0.292 e. The van der Waals surface area contributed by atoms with Crippen molar-refractivity contribution in [1.29, 1.82) is 0 Å². The van der Waals surface area contributed by atoms with Gasteiger partial charge in [-0.15, -0.1) is 22.7 Å². The van der Waals surface area contributed by atoms with Gasteiger partial charge in [-0.3, -0.25) is 4.57 Å². The smallest absolute Gasteiger partial charge is 0.225 e. The standard InChI is InChI=1S/C36H18ClN3S2/c37-36-38-34(30-25-18-17-19-9-1-2-10-20(19)32(25)42-35(30)39-36)40-26-15-7-5-13-23(26)28-21-11-3-4-12-22(21)33-29(31(28)40)24-14-6-8-16-27(24)41-33/h1-18H. The van der Waals surface area contributed by atoms with E-state index in [1.807, 2.05) is 11.3 Å². The third kappa shape index (κ3) is 2.90. The van der Waals surface area contributed by atoms with Crippen LogP contribution < -0.4 is 0 Å². The highest BCUT2D eigenvalue weighted by Crippen LogP contribution is 2.49. The number of fused-ring (bicyclic) bond motifs is 15. The molecule has 196 valence electrons. The zero-order valence-corrected chi connectivity index (χ0v) is 24.3. The molecule has 0 atom stereocenters. The first-order chi connectivity index (χ1) is 20.8. The van der Waals surface area contributed by atoms with Crippen LogP contribution in [-0.2, 0) is 0 Å². The van der Waals surface area contributed by atoms with Crippen molar-refractivity contribution in [3.63, 3.8) is 0 Å². The molecule has 6 heteroatoms. The normalized spacial score (nSPS) is 12.4. The molecular formula is C36H18ClN3S2. The average Bonchev–Trinajstić information content (AvgIpc) is 3.70. The fourth-order valence-corrected chi connectivity index (χ4v) is 9.52. The van der Waals surface area contributed by atoms with Crippen molar-refractivity contribution in [2.75, 3.05) is 0 Å². The second-order valence-corrected chi connectivity index (χ2v) is 13.1. The van der Waals surface area contributed by atoms with E-state index in [0.717, 1.165) is 26.9 Å². The molecule has 0 saturated heterocycles. The molecule has 0 radical (unpaired) electrons. The van der Waals surface area contributed by atoms with Crippen molar-refractivity contribution in [2.24, 2.45) is 0 Å². The van der Waals surface area contributed by atoms with Gasteiger partial charge >= 0.3 is 0 Å². The number of aromatic nitrogens is 3.